The number of halogens is 1. The molecule has 0 aliphatic carbocycles. The molecule has 0 saturated carbocycles. The molecule has 15 heavy (non-hydrogen) atoms. The molecule has 2 N–H and O–H groups in total. The molecule has 2 aromatic rings. The van der Waals surface area contributed by atoms with Crippen molar-refractivity contribution in [3.8, 4) is 0 Å². The first kappa shape index (κ1) is 10.9. The quantitative estimate of drug-likeness (QED) is 0.699. The lowest BCUT2D eigenvalue weighted by Gasteiger charge is -2.02. The van der Waals surface area contributed by atoms with Gasteiger partial charge in [-0.1, -0.05) is 17.8 Å². The van der Waals surface area contributed by atoms with Crippen LogP contribution in [0, 0.1) is 0 Å². The number of nitrogens with zero attached hydrogens (tertiary/aromatic N) is 2. The van der Waals surface area contributed by atoms with Crippen molar-refractivity contribution in [2.75, 3.05) is 5.73 Å². The molecule has 78 valence electrons. The summed E-state index contributed by atoms with van der Waals surface area (Å²) in [6.07, 6.45) is 1.57. The topological polar surface area (TPSA) is 51.8 Å². The van der Waals surface area contributed by atoms with Crippen molar-refractivity contribution in [2.24, 2.45) is 0 Å². The summed E-state index contributed by atoms with van der Waals surface area (Å²) < 4.78 is 5.86. The third-order valence-corrected chi connectivity index (χ3v) is 4.35. The first-order valence-electron chi connectivity index (χ1n) is 4.19. The molecule has 0 spiro atoms. The van der Waals surface area contributed by atoms with Gasteiger partial charge in [0.1, 0.15) is 6.33 Å². The van der Waals surface area contributed by atoms with Gasteiger partial charge in [-0.05, 0) is 45.2 Å². The second-order valence-electron chi connectivity index (χ2n) is 2.85. The highest BCUT2D eigenvalue weighted by Gasteiger charge is 2.01. The first-order chi connectivity index (χ1) is 7.25. The molecule has 0 unspecified atom stereocenters. The van der Waals surface area contributed by atoms with Crippen LogP contribution < -0.4 is 5.73 Å². The van der Waals surface area contributed by atoms with Crippen LogP contribution in [0.1, 0.15) is 5.56 Å². The zero-order chi connectivity index (χ0) is 10.7. The highest BCUT2D eigenvalue weighted by atomic mass is 79.9. The van der Waals surface area contributed by atoms with E-state index in [1.54, 1.807) is 18.1 Å². The fourth-order valence-electron chi connectivity index (χ4n) is 1.05. The molecule has 0 atom stereocenters. The van der Waals surface area contributed by atoms with E-state index in [0.29, 0.717) is 0 Å². The summed E-state index contributed by atoms with van der Waals surface area (Å²) in [4.78, 5) is 4.10. The van der Waals surface area contributed by atoms with Gasteiger partial charge in [-0.15, -0.1) is 0 Å². The Balaban J connectivity index is 2.02. The molecule has 0 fully saturated rings. The molecule has 0 aliphatic heterocycles. The minimum atomic E-state index is 0.769. The maximum atomic E-state index is 5.79. The number of hydrogen-bond acceptors (Lipinski definition) is 5. The molecule has 2 rings (SSSR count). The number of rotatable bonds is 3. The van der Waals surface area contributed by atoms with E-state index in [9.17, 15) is 0 Å². The monoisotopic (exact) mass is 301 g/mol. The van der Waals surface area contributed by atoms with Crippen molar-refractivity contribution in [1.29, 1.82) is 0 Å². The lowest BCUT2D eigenvalue weighted by molar-refractivity contribution is 1.21. The number of hydrogen-bond donors (Lipinski definition) is 1. The minimum Gasteiger partial charge on any atom is -0.398 e. The molecule has 3 nitrogen and oxygen atoms in total. The van der Waals surface area contributed by atoms with Crippen LogP contribution in [-0.2, 0) is 5.75 Å². The normalized spacial score (nSPS) is 10.5. The summed E-state index contributed by atoms with van der Waals surface area (Å²) in [7, 11) is 0. The number of aromatic nitrogens is 2. The van der Waals surface area contributed by atoms with Crippen molar-refractivity contribution in [3.05, 3.63) is 34.6 Å². The summed E-state index contributed by atoms with van der Waals surface area (Å²) in [5, 5.41) is 0. The van der Waals surface area contributed by atoms with E-state index in [0.717, 1.165) is 20.3 Å². The molecule has 0 bridgehead atoms. The van der Waals surface area contributed by atoms with E-state index in [-0.39, 0.29) is 0 Å². The van der Waals surface area contributed by atoms with E-state index in [1.807, 2.05) is 12.1 Å². The van der Waals surface area contributed by atoms with Crippen LogP contribution in [0.2, 0.25) is 0 Å². The first-order valence-corrected chi connectivity index (χ1v) is 6.74. The second kappa shape index (κ2) is 4.96. The fourth-order valence-corrected chi connectivity index (χ4v) is 2.69. The van der Waals surface area contributed by atoms with Crippen molar-refractivity contribution >= 4 is 44.9 Å². The molecule has 6 heteroatoms. The lowest BCUT2D eigenvalue weighted by Crippen LogP contribution is -1.88. The van der Waals surface area contributed by atoms with Gasteiger partial charge in [-0.2, -0.15) is 4.37 Å². The van der Waals surface area contributed by atoms with Gasteiger partial charge in [-0.25, -0.2) is 4.98 Å². The van der Waals surface area contributed by atoms with E-state index in [2.05, 4.69) is 31.4 Å². The SMILES string of the molecule is Nc1cc(CSc2ncns2)ccc1Br. The van der Waals surface area contributed by atoms with Gasteiger partial charge in [0, 0.05) is 15.9 Å². The Bertz CT molecular complexity index is 445. The summed E-state index contributed by atoms with van der Waals surface area (Å²) in [6, 6.07) is 5.98. The van der Waals surface area contributed by atoms with Gasteiger partial charge in [0.15, 0.2) is 4.34 Å². The fraction of sp³-hybridized carbons (Fsp3) is 0.111. The van der Waals surface area contributed by atoms with E-state index < -0.39 is 0 Å². The maximum absolute atomic E-state index is 5.79. The van der Waals surface area contributed by atoms with Crippen LogP contribution in [0.5, 0.6) is 0 Å². The minimum absolute atomic E-state index is 0.769. The standard InChI is InChI=1S/C9H8BrN3S2/c10-7-2-1-6(3-8(7)11)4-14-9-12-5-13-15-9/h1-3,5H,4,11H2. The van der Waals surface area contributed by atoms with E-state index in [4.69, 9.17) is 5.73 Å². The second-order valence-corrected chi connectivity index (χ2v) is 5.71. The number of benzene rings is 1. The lowest BCUT2D eigenvalue weighted by atomic mass is 10.2. The highest BCUT2D eigenvalue weighted by molar-refractivity contribution is 9.10. The number of anilines is 1. The van der Waals surface area contributed by atoms with Crippen LogP contribution in [0.15, 0.2) is 33.3 Å². The average Bonchev–Trinajstić information content (AvgIpc) is 2.73. The Kier molecular flexibility index (Phi) is 3.61. The number of nitrogen functional groups attached to an aromatic ring is 1. The summed E-state index contributed by atoms with van der Waals surface area (Å²) in [6.45, 7) is 0. The molecular weight excluding hydrogens is 294 g/mol. The maximum Gasteiger partial charge on any atom is 0.170 e. The van der Waals surface area contributed by atoms with Gasteiger partial charge < -0.3 is 5.73 Å². The van der Waals surface area contributed by atoms with Gasteiger partial charge in [0.25, 0.3) is 0 Å². The summed E-state index contributed by atoms with van der Waals surface area (Å²) in [5.41, 5.74) is 7.75. The third-order valence-electron chi connectivity index (χ3n) is 1.76. The van der Waals surface area contributed by atoms with Crippen LogP contribution in [0.3, 0.4) is 0 Å². The average molecular weight is 302 g/mol. The Morgan fingerprint density at radius 1 is 1.47 bits per heavy atom. The van der Waals surface area contributed by atoms with Crippen LogP contribution in [0.25, 0.3) is 0 Å². The molecule has 0 aliphatic rings. The molecule has 0 radical (unpaired) electrons. The van der Waals surface area contributed by atoms with Crippen molar-refractivity contribution in [1.82, 2.24) is 9.36 Å². The number of thioether (sulfide) groups is 1. The number of nitrogens with two attached hydrogens (primary N) is 1. The van der Waals surface area contributed by atoms with Crippen LogP contribution in [-0.4, -0.2) is 9.36 Å². The Hall–Kier alpha value is -0.590. The zero-order valence-corrected chi connectivity index (χ0v) is 10.9. The summed E-state index contributed by atoms with van der Waals surface area (Å²) >= 11 is 6.45. The van der Waals surface area contributed by atoms with Crippen LogP contribution >= 0.6 is 39.2 Å². The van der Waals surface area contributed by atoms with Crippen molar-refractivity contribution in [3.63, 3.8) is 0 Å². The van der Waals surface area contributed by atoms with E-state index >= 15 is 0 Å². The molecule has 0 amide bonds. The molecule has 0 saturated heterocycles. The Morgan fingerprint density at radius 3 is 3.00 bits per heavy atom. The Labute approximate surface area is 104 Å². The predicted molar refractivity (Wildman–Crippen MR) is 68.0 cm³/mol. The third kappa shape index (κ3) is 2.93. The van der Waals surface area contributed by atoms with Gasteiger partial charge in [0.05, 0.1) is 0 Å². The van der Waals surface area contributed by atoms with Crippen molar-refractivity contribution < 1.29 is 0 Å². The summed E-state index contributed by atoms with van der Waals surface area (Å²) in [5.74, 6) is 0.868. The molecular formula is C9H8BrN3S2. The predicted octanol–water partition coefficient (Wildman–Crippen LogP) is 3.18. The van der Waals surface area contributed by atoms with Crippen LogP contribution in [0.4, 0.5) is 5.69 Å². The Morgan fingerprint density at radius 2 is 2.33 bits per heavy atom. The zero-order valence-electron chi connectivity index (χ0n) is 7.68. The molecule has 1 aromatic heterocycles. The van der Waals surface area contributed by atoms with Crippen molar-refractivity contribution in [2.45, 2.75) is 10.1 Å². The molecule has 1 aromatic carbocycles. The molecule has 1 heterocycles. The van der Waals surface area contributed by atoms with Gasteiger partial charge in [-0.3, -0.25) is 0 Å². The smallest absolute Gasteiger partial charge is 0.170 e. The van der Waals surface area contributed by atoms with Gasteiger partial charge >= 0.3 is 0 Å². The highest BCUT2D eigenvalue weighted by Crippen LogP contribution is 2.26. The van der Waals surface area contributed by atoms with Gasteiger partial charge in [0.2, 0.25) is 0 Å². The largest absolute Gasteiger partial charge is 0.398 e. The van der Waals surface area contributed by atoms with E-state index in [1.165, 1.54) is 17.1 Å².